The zero-order chi connectivity index (χ0) is 18.2. The highest BCUT2D eigenvalue weighted by Crippen LogP contribution is 2.20. The summed E-state index contributed by atoms with van der Waals surface area (Å²) in [6, 6.07) is 12.7. The summed E-state index contributed by atoms with van der Waals surface area (Å²) < 4.78 is 18.3. The van der Waals surface area contributed by atoms with Gasteiger partial charge in [0.2, 0.25) is 5.91 Å². The lowest BCUT2D eigenvalue weighted by atomic mass is 10.1. The minimum Gasteiger partial charge on any atom is -0.497 e. The Kier molecular flexibility index (Phi) is 6.91. The highest BCUT2D eigenvalue weighted by Gasteiger charge is 2.16. The molecule has 2 unspecified atom stereocenters. The summed E-state index contributed by atoms with van der Waals surface area (Å²) >= 11 is 0. The summed E-state index contributed by atoms with van der Waals surface area (Å²) in [5.74, 6) is 0.0736. The number of ether oxygens (including phenoxy) is 1. The molecule has 5 nitrogen and oxygen atoms in total. The average Bonchev–Trinajstić information content (AvgIpc) is 2.59. The molecule has 0 aromatic heterocycles. The van der Waals surface area contributed by atoms with Crippen molar-refractivity contribution in [3.05, 3.63) is 59.9 Å². The summed E-state index contributed by atoms with van der Waals surface area (Å²) in [6.07, 6.45) is 0.191. The molecule has 0 saturated carbocycles. The lowest BCUT2D eigenvalue weighted by Crippen LogP contribution is -2.35. The lowest BCUT2D eigenvalue weighted by molar-refractivity contribution is -0.116. The van der Waals surface area contributed by atoms with E-state index in [1.807, 2.05) is 31.2 Å². The Morgan fingerprint density at radius 1 is 1.24 bits per heavy atom. The molecule has 0 bridgehead atoms. The Morgan fingerprint density at radius 2 is 2.00 bits per heavy atom. The van der Waals surface area contributed by atoms with E-state index in [9.17, 15) is 14.3 Å². The number of aliphatic hydroxyl groups is 1. The number of aliphatic hydroxyl groups excluding tert-OH is 1. The largest absolute Gasteiger partial charge is 0.497 e. The molecule has 0 heterocycles. The number of methoxy groups -OCH3 is 1. The zero-order valence-corrected chi connectivity index (χ0v) is 14.3. The summed E-state index contributed by atoms with van der Waals surface area (Å²) in [4.78, 5) is 12.1. The maximum atomic E-state index is 13.1. The smallest absolute Gasteiger partial charge is 0.225 e. The number of hydrogen-bond donors (Lipinski definition) is 3. The molecule has 0 radical (unpaired) electrons. The molecule has 2 rings (SSSR count). The molecule has 0 aliphatic carbocycles. The van der Waals surface area contributed by atoms with Crippen LogP contribution in [0.1, 0.15) is 24.9 Å². The minimum atomic E-state index is -0.401. The minimum absolute atomic E-state index is 0.108. The van der Waals surface area contributed by atoms with Gasteiger partial charge in [0.25, 0.3) is 0 Å². The fourth-order valence-electron chi connectivity index (χ4n) is 2.57. The quantitative estimate of drug-likeness (QED) is 0.687. The maximum absolute atomic E-state index is 13.1. The predicted molar refractivity (Wildman–Crippen MR) is 95.1 cm³/mol. The zero-order valence-electron chi connectivity index (χ0n) is 14.3. The highest BCUT2D eigenvalue weighted by atomic mass is 19.1. The van der Waals surface area contributed by atoms with Gasteiger partial charge in [-0.2, -0.15) is 0 Å². The second-order valence-corrected chi connectivity index (χ2v) is 5.84. The number of amides is 1. The number of nitrogens with one attached hydrogen (secondary N) is 2. The van der Waals surface area contributed by atoms with Crippen LogP contribution in [0.5, 0.6) is 5.75 Å². The third-order valence-electron chi connectivity index (χ3n) is 3.76. The third-order valence-corrected chi connectivity index (χ3v) is 3.76. The monoisotopic (exact) mass is 346 g/mol. The molecule has 2 aromatic carbocycles. The van der Waals surface area contributed by atoms with Crippen molar-refractivity contribution in [1.82, 2.24) is 5.32 Å². The molecule has 25 heavy (non-hydrogen) atoms. The number of anilines is 1. The van der Waals surface area contributed by atoms with E-state index in [0.717, 1.165) is 5.56 Å². The van der Waals surface area contributed by atoms with Crippen LogP contribution in [0.2, 0.25) is 0 Å². The van der Waals surface area contributed by atoms with Crippen LogP contribution >= 0.6 is 0 Å². The number of halogens is 1. The van der Waals surface area contributed by atoms with E-state index in [1.54, 1.807) is 13.2 Å². The first-order chi connectivity index (χ1) is 12.0. The summed E-state index contributed by atoms with van der Waals surface area (Å²) in [5, 5.41) is 15.5. The maximum Gasteiger partial charge on any atom is 0.225 e. The molecule has 2 aromatic rings. The Morgan fingerprint density at radius 3 is 2.68 bits per heavy atom. The van der Waals surface area contributed by atoms with Gasteiger partial charge in [0.05, 0.1) is 19.8 Å². The van der Waals surface area contributed by atoms with Gasteiger partial charge in [-0.1, -0.05) is 18.2 Å². The van der Waals surface area contributed by atoms with Crippen LogP contribution < -0.4 is 15.4 Å². The Hall–Kier alpha value is -2.44. The fourth-order valence-corrected chi connectivity index (χ4v) is 2.57. The number of benzene rings is 2. The van der Waals surface area contributed by atoms with Crippen molar-refractivity contribution in [1.29, 1.82) is 0 Å². The molecular weight excluding hydrogens is 323 g/mol. The first-order valence-electron chi connectivity index (χ1n) is 8.08. The molecular formula is C19H23FN2O3. The SMILES string of the molecule is COc1cccc(C(CO)NC(C)CC(=O)Nc2cccc(F)c2)c1. The van der Waals surface area contributed by atoms with Crippen LogP contribution in [0.25, 0.3) is 0 Å². The van der Waals surface area contributed by atoms with Gasteiger partial charge in [0.15, 0.2) is 0 Å². The van der Waals surface area contributed by atoms with Crippen molar-refractivity contribution in [3.63, 3.8) is 0 Å². The Balaban J connectivity index is 1.92. The van der Waals surface area contributed by atoms with Crippen LogP contribution in [-0.4, -0.2) is 30.8 Å². The van der Waals surface area contributed by atoms with Crippen LogP contribution in [0.3, 0.4) is 0 Å². The first kappa shape index (κ1) is 18.9. The van der Waals surface area contributed by atoms with Gasteiger partial charge in [-0.25, -0.2) is 4.39 Å². The average molecular weight is 346 g/mol. The number of carbonyl (C=O) groups is 1. The van der Waals surface area contributed by atoms with E-state index in [-0.39, 0.29) is 31.0 Å². The van der Waals surface area contributed by atoms with Crippen molar-refractivity contribution in [2.75, 3.05) is 19.0 Å². The van der Waals surface area contributed by atoms with E-state index >= 15 is 0 Å². The summed E-state index contributed by atoms with van der Waals surface area (Å²) in [6.45, 7) is 1.75. The second kappa shape index (κ2) is 9.15. The van der Waals surface area contributed by atoms with Gasteiger partial charge in [0.1, 0.15) is 11.6 Å². The molecule has 6 heteroatoms. The van der Waals surface area contributed by atoms with Crippen LogP contribution in [0.4, 0.5) is 10.1 Å². The third kappa shape index (κ3) is 5.85. The number of rotatable bonds is 8. The molecule has 2 atom stereocenters. The van der Waals surface area contributed by atoms with E-state index in [0.29, 0.717) is 11.4 Å². The number of hydrogen-bond acceptors (Lipinski definition) is 4. The topological polar surface area (TPSA) is 70.6 Å². The van der Waals surface area contributed by atoms with Crippen molar-refractivity contribution in [2.24, 2.45) is 0 Å². The van der Waals surface area contributed by atoms with Gasteiger partial charge in [-0.15, -0.1) is 0 Å². The van der Waals surface area contributed by atoms with Crippen molar-refractivity contribution in [2.45, 2.75) is 25.4 Å². The fraction of sp³-hybridized carbons (Fsp3) is 0.316. The van der Waals surface area contributed by atoms with Gasteiger partial charge >= 0.3 is 0 Å². The van der Waals surface area contributed by atoms with Crippen LogP contribution in [-0.2, 0) is 4.79 Å². The van der Waals surface area contributed by atoms with Gasteiger partial charge in [-0.05, 0) is 42.8 Å². The molecule has 0 aliphatic rings. The lowest BCUT2D eigenvalue weighted by Gasteiger charge is -2.22. The Bertz CT molecular complexity index is 709. The molecule has 3 N–H and O–H groups in total. The normalized spacial score (nSPS) is 13.1. The molecule has 134 valence electrons. The first-order valence-corrected chi connectivity index (χ1v) is 8.08. The van der Waals surface area contributed by atoms with E-state index < -0.39 is 5.82 Å². The highest BCUT2D eigenvalue weighted by molar-refractivity contribution is 5.91. The molecule has 0 saturated heterocycles. The van der Waals surface area contributed by atoms with Gasteiger partial charge in [-0.3, -0.25) is 4.79 Å². The van der Waals surface area contributed by atoms with Crippen LogP contribution in [0, 0.1) is 5.82 Å². The molecule has 0 fully saturated rings. The van der Waals surface area contributed by atoms with Crippen molar-refractivity contribution >= 4 is 11.6 Å². The predicted octanol–water partition coefficient (Wildman–Crippen LogP) is 2.87. The van der Waals surface area contributed by atoms with E-state index in [1.165, 1.54) is 18.2 Å². The van der Waals surface area contributed by atoms with Crippen LogP contribution in [0.15, 0.2) is 48.5 Å². The molecule has 0 aliphatic heterocycles. The summed E-state index contributed by atoms with van der Waals surface area (Å²) in [5.41, 5.74) is 1.29. The van der Waals surface area contributed by atoms with Crippen molar-refractivity contribution in [3.8, 4) is 5.75 Å². The second-order valence-electron chi connectivity index (χ2n) is 5.84. The van der Waals surface area contributed by atoms with Crippen molar-refractivity contribution < 1.29 is 19.0 Å². The van der Waals surface area contributed by atoms with E-state index in [4.69, 9.17) is 4.74 Å². The summed E-state index contributed by atoms with van der Waals surface area (Å²) in [7, 11) is 1.58. The molecule has 1 amide bonds. The van der Waals surface area contributed by atoms with Gasteiger partial charge in [0, 0.05) is 18.2 Å². The molecule has 0 spiro atoms. The standard InChI is InChI=1S/C19H23FN2O3/c1-13(9-19(24)22-16-7-4-6-15(20)11-16)21-18(12-23)14-5-3-8-17(10-14)25-2/h3-8,10-11,13,18,21,23H,9,12H2,1-2H3,(H,22,24). The number of carbonyl (C=O) groups excluding carboxylic acids is 1. The van der Waals surface area contributed by atoms with Gasteiger partial charge < -0.3 is 20.5 Å². The Labute approximate surface area is 146 Å². The van der Waals surface area contributed by atoms with E-state index in [2.05, 4.69) is 10.6 Å².